The average Bonchev–Trinajstić information content (AvgIpc) is 2.52. The van der Waals surface area contributed by atoms with Gasteiger partial charge >= 0.3 is 0 Å². The molecule has 1 fully saturated rings. The maximum Gasteiger partial charge on any atom is 0.127 e. The SMILES string of the molecule is COc1ccc([C@@H](C)NCC2CCOCC2)c(OC)c1. The average molecular weight is 279 g/mol. The van der Waals surface area contributed by atoms with Crippen LogP contribution in [0.25, 0.3) is 0 Å². The third kappa shape index (κ3) is 3.87. The van der Waals surface area contributed by atoms with E-state index in [1.54, 1.807) is 14.2 Å². The summed E-state index contributed by atoms with van der Waals surface area (Å²) < 4.78 is 16.1. The molecule has 0 unspecified atom stereocenters. The molecule has 112 valence electrons. The van der Waals surface area contributed by atoms with Gasteiger partial charge in [0.2, 0.25) is 0 Å². The summed E-state index contributed by atoms with van der Waals surface area (Å²) in [6, 6.07) is 6.24. The molecule has 20 heavy (non-hydrogen) atoms. The molecule has 1 saturated heterocycles. The fraction of sp³-hybridized carbons (Fsp3) is 0.625. The molecule has 1 aromatic carbocycles. The minimum absolute atomic E-state index is 0.263. The fourth-order valence-corrected chi connectivity index (χ4v) is 2.58. The van der Waals surface area contributed by atoms with Crippen LogP contribution in [-0.2, 0) is 4.74 Å². The summed E-state index contributed by atoms with van der Waals surface area (Å²) in [6.45, 7) is 4.99. The lowest BCUT2D eigenvalue weighted by Gasteiger charge is -2.25. The summed E-state index contributed by atoms with van der Waals surface area (Å²) in [4.78, 5) is 0. The van der Waals surface area contributed by atoms with Gasteiger partial charge in [-0.1, -0.05) is 6.07 Å². The van der Waals surface area contributed by atoms with Crippen LogP contribution in [0.3, 0.4) is 0 Å². The zero-order valence-corrected chi connectivity index (χ0v) is 12.6. The minimum atomic E-state index is 0.263. The van der Waals surface area contributed by atoms with Crippen LogP contribution in [-0.4, -0.2) is 34.0 Å². The maximum absolute atomic E-state index is 5.46. The molecule has 0 aromatic heterocycles. The van der Waals surface area contributed by atoms with Crippen LogP contribution in [0.2, 0.25) is 0 Å². The highest BCUT2D eigenvalue weighted by Gasteiger charge is 2.17. The molecule has 0 amide bonds. The Balaban J connectivity index is 1.95. The molecule has 4 heteroatoms. The first kappa shape index (κ1) is 15.1. The molecule has 0 radical (unpaired) electrons. The van der Waals surface area contributed by atoms with E-state index in [0.29, 0.717) is 0 Å². The lowest BCUT2D eigenvalue weighted by Crippen LogP contribution is -2.29. The third-order valence-corrected chi connectivity index (χ3v) is 3.96. The summed E-state index contributed by atoms with van der Waals surface area (Å²) in [5.41, 5.74) is 1.17. The van der Waals surface area contributed by atoms with E-state index in [4.69, 9.17) is 14.2 Å². The van der Waals surface area contributed by atoms with E-state index in [9.17, 15) is 0 Å². The van der Waals surface area contributed by atoms with E-state index >= 15 is 0 Å². The van der Waals surface area contributed by atoms with E-state index < -0.39 is 0 Å². The molecule has 1 aliphatic rings. The number of hydrogen-bond acceptors (Lipinski definition) is 4. The van der Waals surface area contributed by atoms with E-state index in [0.717, 1.165) is 50.0 Å². The first-order chi connectivity index (χ1) is 9.74. The van der Waals surface area contributed by atoms with Crippen molar-refractivity contribution in [2.75, 3.05) is 34.0 Å². The van der Waals surface area contributed by atoms with Gasteiger partial charge in [0.05, 0.1) is 14.2 Å². The number of ether oxygens (including phenoxy) is 3. The van der Waals surface area contributed by atoms with Crippen molar-refractivity contribution >= 4 is 0 Å². The van der Waals surface area contributed by atoms with E-state index in [1.807, 2.05) is 12.1 Å². The highest BCUT2D eigenvalue weighted by Crippen LogP contribution is 2.29. The number of hydrogen-bond donors (Lipinski definition) is 1. The van der Waals surface area contributed by atoms with Crippen LogP contribution in [0, 0.1) is 5.92 Å². The van der Waals surface area contributed by atoms with Gasteiger partial charge in [-0.2, -0.15) is 0 Å². The lowest BCUT2D eigenvalue weighted by atomic mass is 9.99. The first-order valence-corrected chi connectivity index (χ1v) is 7.27. The van der Waals surface area contributed by atoms with Gasteiger partial charge in [0.25, 0.3) is 0 Å². The van der Waals surface area contributed by atoms with E-state index in [2.05, 4.69) is 18.3 Å². The zero-order chi connectivity index (χ0) is 14.4. The van der Waals surface area contributed by atoms with E-state index in [1.165, 1.54) is 5.56 Å². The molecule has 4 nitrogen and oxygen atoms in total. The van der Waals surface area contributed by atoms with Crippen molar-refractivity contribution in [3.63, 3.8) is 0 Å². The zero-order valence-electron chi connectivity index (χ0n) is 12.6. The normalized spacial score (nSPS) is 17.8. The molecule has 1 heterocycles. The summed E-state index contributed by atoms with van der Waals surface area (Å²) in [5.74, 6) is 2.41. The van der Waals surface area contributed by atoms with Gasteiger partial charge < -0.3 is 19.5 Å². The summed E-state index contributed by atoms with van der Waals surface area (Å²) in [7, 11) is 3.37. The molecule has 1 atom stereocenters. The Morgan fingerprint density at radius 2 is 2.00 bits per heavy atom. The lowest BCUT2D eigenvalue weighted by molar-refractivity contribution is 0.0656. The van der Waals surface area contributed by atoms with Crippen LogP contribution >= 0.6 is 0 Å². The Labute approximate surface area is 121 Å². The Morgan fingerprint density at radius 3 is 2.65 bits per heavy atom. The van der Waals surface area contributed by atoms with Gasteiger partial charge in [-0.05, 0) is 38.3 Å². The summed E-state index contributed by atoms with van der Waals surface area (Å²) in [6.07, 6.45) is 2.30. The highest BCUT2D eigenvalue weighted by atomic mass is 16.5. The minimum Gasteiger partial charge on any atom is -0.497 e. The fourth-order valence-electron chi connectivity index (χ4n) is 2.58. The van der Waals surface area contributed by atoms with Gasteiger partial charge in [0.1, 0.15) is 11.5 Å². The molecule has 1 aromatic rings. The molecule has 1 N–H and O–H groups in total. The van der Waals surface area contributed by atoms with E-state index in [-0.39, 0.29) is 6.04 Å². The standard InChI is InChI=1S/C16H25NO3/c1-12(17-11-13-6-8-20-9-7-13)15-5-4-14(18-2)10-16(15)19-3/h4-5,10,12-13,17H,6-9,11H2,1-3H3/t12-/m1/s1. The van der Waals surface area contributed by atoms with Crippen molar-refractivity contribution in [3.8, 4) is 11.5 Å². The highest BCUT2D eigenvalue weighted by molar-refractivity contribution is 5.42. The van der Waals surface area contributed by atoms with Gasteiger partial charge in [-0.25, -0.2) is 0 Å². The number of methoxy groups -OCH3 is 2. The van der Waals surface area contributed by atoms with Gasteiger partial charge in [0, 0.05) is 30.9 Å². The van der Waals surface area contributed by atoms with Crippen LogP contribution in [0.5, 0.6) is 11.5 Å². The van der Waals surface area contributed by atoms with Crippen LogP contribution < -0.4 is 14.8 Å². The molecule has 0 spiro atoms. The van der Waals surface area contributed by atoms with Gasteiger partial charge in [-0.3, -0.25) is 0 Å². The summed E-state index contributed by atoms with van der Waals surface area (Å²) in [5, 5.41) is 3.60. The van der Waals surface area contributed by atoms with Crippen molar-refractivity contribution in [3.05, 3.63) is 23.8 Å². The predicted molar refractivity (Wildman–Crippen MR) is 79.5 cm³/mol. The molecular weight excluding hydrogens is 254 g/mol. The second-order valence-electron chi connectivity index (χ2n) is 5.29. The Kier molecular flexibility index (Phi) is 5.68. The molecule has 0 bridgehead atoms. The van der Waals surface area contributed by atoms with Gasteiger partial charge in [0.15, 0.2) is 0 Å². The number of nitrogens with one attached hydrogen (secondary N) is 1. The van der Waals surface area contributed by atoms with Crippen LogP contribution in [0.4, 0.5) is 0 Å². The molecule has 2 rings (SSSR count). The molecule has 0 saturated carbocycles. The maximum atomic E-state index is 5.46. The third-order valence-electron chi connectivity index (χ3n) is 3.96. The van der Waals surface area contributed by atoms with Crippen molar-refractivity contribution in [1.82, 2.24) is 5.32 Å². The largest absolute Gasteiger partial charge is 0.497 e. The Hall–Kier alpha value is -1.26. The van der Waals surface area contributed by atoms with Gasteiger partial charge in [-0.15, -0.1) is 0 Å². The Bertz CT molecular complexity index is 416. The van der Waals surface area contributed by atoms with Crippen LogP contribution in [0.1, 0.15) is 31.4 Å². The quantitative estimate of drug-likeness (QED) is 0.869. The smallest absolute Gasteiger partial charge is 0.127 e. The first-order valence-electron chi connectivity index (χ1n) is 7.27. The second-order valence-corrected chi connectivity index (χ2v) is 5.29. The second kappa shape index (κ2) is 7.50. The predicted octanol–water partition coefficient (Wildman–Crippen LogP) is 2.78. The molecule has 0 aliphatic carbocycles. The molecule has 1 aliphatic heterocycles. The number of rotatable bonds is 6. The summed E-state index contributed by atoms with van der Waals surface area (Å²) >= 11 is 0. The Morgan fingerprint density at radius 1 is 1.25 bits per heavy atom. The topological polar surface area (TPSA) is 39.7 Å². The van der Waals surface area contributed by atoms with Crippen LogP contribution in [0.15, 0.2) is 18.2 Å². The van der Waals surface area contributed by atoms with Crippen molar-refractivity contribution in [2.24, 2.45) is 5.92 Å². The monoisotopic (exact) mass is 279 g/mol. The van der Waals surface area contributed by atoms with Crippen molar-refractivity contribution in [2.45, 2.75) is 25.8 Å². The van der Waals surface area contributed by atoms with Crippen molar-refractivity contribution < 1.29 is 14.2 Å². The number of benzene rings is 1. The molecular formula is C16H25NO3. The van der Waals surface area contributed by atoms with Crippen molar-refractivity contribution in [1.29, 1.82) is 0 Å².